The summed E-state index contributed by atoms with van der Waals surface area (Å²) in [6, 6.07) is 1.85. The van der Waals surface area contributed by atoms with Crippen LogP contribution in [0.4, 0.5) is 5.95 Å². The first kappa shape index (κ1) is 19.2. The molecule has 1 N–H and O–H groups in total. The standard InChI is InChI=1S/C18H31N7/c1-4-5-6-11-23(3)17(19-2)22-10-12-24-13-15-25(16-14-24)18-20-8-7-9-21-18/h4,7-9H,1,5-6,10-16H2,2-3H3,(H,19,22). The first-order valence-corrected chi connectivity index (χ1v) is 9.01. The van der Waals surface area contributed by atoms with E-state index in [9.17, 15) is 0 Å². The van der Waals surface area contributed by atoms with Gasteiger partial charge in [-0.1, -0.05) is 6.08 Å². The van der Waals surface area contributed by atoms with Gasteiger partial charge in [-0.25, -0.2) is 9.97 Å². The Bertz CT molecular complexity index is 523. The van der Waals surface area contributed by atoms with Crippen LogP contribution in [0.2, 0.25) is 0 Å². The van der Waals surface area contributed by atoms with Gasteiger partial charge in [0.1, 0.15) is 0 Å². The molecule has 7 heteroatoms. The van der Waals surface area contributed by atoms with Gasteiger partial charge in [-0.2, -0.15) is 0 Å². The van der Waals surface area contributed by atoms with Gasteiger partial charge in [-0.05, 0) is 18.9 Å². The third-order valence-electron chi connectivity index (χ3n) is 4.39. The molecular formula is C18H31N7. The molecule has 0 atom stereocenters. The minimum atomic E-state index is 0.835. The molecule has 2 heterocycles. The number of aliphatic imine (C=N–C) groups is 1. The number of allylic oxidation sites excluding steroid dienone is 1. The Hall–Kier alpha value is -2.15. The van der Waals surface area contributed by atoms with Crippen molar-refractivity contribution in [3.8, 4) is 0 Å². The van der Waals surface area contributed by atoms with Crippen LogP contribution in [0.1, 0.15) is 12.8 Å². The van der Waals surface area contributed by atoms with Crippen LogP contribution in [0.25, 0.3) is 0 Å². The monoisotopic (exact) mass is 345 g/mol. The van der Waals surface area contributed by atoms with Gasteiger partial charge >= 0.3 is 0 Å². The molecule has 0 aromatic carbocycles. The van der Waals surface area contributed by atoms with Crippen LogP contribution in [-0.4, -0.2) is 85.6 Å². The van der Waals surface area contributed by atoms with Gasteiger partial charge in [-0.15, -0.1) is 6.58 Å². The number of guanidine groups is 1. The van der Waals surface area contributed by atoms with E-state index in [1.807, 2.05) is 19.2 Å². The summed E-state index contributed by atoms with van der Waals surface area (Å²) in [4.78, 5) is 19.9. The van der Waals surface area contributed by atoms with E-state index in [4.69, 9.17) is 0 Å². The summed E-state index contributed by atoms with van der Waals surface area (Å²) in [5.41, 5.74) is 0. The summed E-state index contributed by atoms with van der Waals surface area (Å²) in [6.45, 7) is 10.7. The molecule has 1 aromatic rings. The Labute approximate surface area is 151 Å². The van der Waals surface area contributed by atoms with Crippen LogP contribution in [0, 0.1) is 0 Å². The summed E-state index contributed by atoms with van der Waals surface area (Å²) < 4.78 is 0. The van der Waals surface area contributed by atoms with Gasteiger partial charge in [0, 0.05) is 72.3 Å². The van der Waals surface area contributed by atoms with E-state index in [1.165, 1.54) is 0 Å². The van der Waals surface area contributed by atoms with Crippen molar-refractivity contribution in [3.05, 3.63) is 31.1 Å². The Kier molecular flexibility index (Phi) is 8.18. The van der Waals surface area contributed by atoms with Crippen molar-refractivity contribution in [3.63, 3.8) is 0 Å². The molecule has 0 amide bonds. The van der Waals surface area contributed by atoms with Gasteiger partial charge in [0.25, 0.3) is 0 Å². The van der Waals surface area contributed by atoms with E-state index in [-0.39, 0.29) is 0 Å². The third kappa shape index (κ3) is 6.34. The number of nitrogens with one attached hydrogen (secondary N) is 1. The minimum absolute atomic E-state index is 0.835. The molecule has 7 nitrogen and oxygen atoms in total. The van der Waals surface area contributed by atoms with E-state index < -0.39 is 0 Å². The van der Waals surface area contributed by atoms with Crippen molar-refractivity contribution >= 4 is 11.9 Å². The molecule has 2 rings (SSSR count). The molecule has 0 unspecified atom stereocenters. The number of piperazine rings is 1. The summed E-state index contributed by atoms with van der Waals surface area (Å²) in [7, 11) is 3.92. The average molecular weight is 345 g/mol. The predicted octanol–water partition coefficient (Wildman–Crippen LogP) is 1.07. The molecule has 1 aliphatic rings. The zero-order valence-electron chi connectivity index (χ0n) is 15.6. The van der Waals surface area contributed by atoms with E-state index in [2.05, 4.69) is 48.6 Å². The molecule has 1 aromatic heterocycles. The lowest BCUT2D eigenvalue weighted by Crippen LogP contribution is -2.50. The molecule has 138 valence electrons. The number of aromatic nitrogens is 2. The van der Waals surface area contributed by atoms with Gasteiger partial charge in [0.05, 0.1) is 0 Å². The molecule has 1 aliphatic heterocycles. The second-order valence-electron chi connectivity index (χ2n) is 6.20. The summed E-state index contributed by atoms with van der Waals surface area (Å²) in [5, 5.41) is 3.46. The largest absolute Gasteiger partial charge is 0.355 e. The second kappa shape index (κ2) is 10.7. The zero-order valence-corrected chi connectivity index (χ0v) is 15.6. The highest BCUT2D eigenvalue weighted by Gasteiger charge is 2.18. The molecule has 25 heavy (non-hydrogen) atoms. The summed E-state index contributed by atoms with van der Waals surface area (Å²) in [6.07, 6.45) is 7.71. The molecule has 0 bridgehead atoms. The summed E-state index contributed by atoms with van der Waals surface area (Å²) in [5.74, 6) is 1.79. The van der Waals surface area contributed by atoms with Gasteiger partial charge in [0.2, 0.25) is 5.95 Å². The Morgan fingerprint density at radius 3 is 2.68 bits per heavy atom. The Morgan fingerprint density at radius 1 is 1.32 bits per heavy atom. The number of anilines is 1. The fraction of sp³-hybridized carbons (Fsp3) is 0.611. The minimum Gasteiger partial charge on any atom is -0.355 e. The molecule has 0 saturated carbocycles. The molecule has 0 radical (unpaired) electrons. The number of unbranched alkanes of at least 4 members (excludes halogenated alkanes) is 1. The Morgan fingerprint density at radius 2 is 2.04 bits per heavy atom. The van der Waals surface area contributed by atoms with Crippen molar-refractivity contribution in [2.45, 2.75) is 12.8 Å². The van der Waals surface area contributed by atoms with E-state index in [0.717, 1.165) is 70.6 Å². The highest BCUT2D eigenvalue weighted by molar-refractivity contribution is 5.79. The molecule has 1 fully saturated rings. The van der Waals surface area contributed by atoms with Crippen LogP contribution in [-0.2, 0) is 0 Å². The second-order valence-corrected chi connectivity index (χ2v) is 6.20. The fourth-order valence-electron chi connectivity index (χ4n) is 2.92. The van der Waals surface area contributed by atoms with Crippen molar-refractivity contribution in [1.82, 2.24) is 25.1 Å². The average Bonchev–Trinajstić information content (AvgIpc) is 2.66. The molecule has 1 saturated heterocycles. The highest BCUT2D eigenvalue weighted by atomic mass is 15.3. The van der Waals surface area contributed by atoms with Crippen LogP contribution >= 0.6 is 0 Å². The van der Waals surface area contributed by atoms with Gasteiger partial charge < -0.3 is 15.1 Å². The summed E-state index contributed by atoms with van der Waals surface area (Å²) >= 11 is 0. The molecule has 0 spiro atoms. The Balaban J connectivity index is 1.66. The normalized spacial score (nSPS) is 15.9. The van der Waals surface area contributed by atoms with Crippen LogP contribution in [0.15, 0.2) is 36.1 Å². The van der Waals surface area contributed by atoms with E-state index in [0.29, 0.717) is 0 Å². The maximum absolute atomic E-state index is 4.36. The van der Waals surface area contributed by atoms with Crippen LogP contribution in [0.3, 0.4) is 0 Å². The molecular weight excluding hydrogens is 314 g/mol. The lowest BCUT2D eigenvalue weighted by molar-refractivity contribution is 0.259. The van der Waals surface area contributed by atoms with Crippen molar-refractivity contribution in [1.29, 1.82) is 0 Å². The SMILES string of the molecule is C=CCCCN(C)C(=NC)NCCN1CCN(c2ncccn2)CC1. The fourth-order valence-corrected chi connectivity index (χ4v) is 2.92. The number of hydrogen-bond donors (Lipinski definition) is 1. The first-order valence-electron chi connectivity index (χ1n) is 9.01. The van der Waals surface area contributed by atoms with Gasteiger partial charge in [0.15, 0.2) is 5.96 Å². The van der Waals surface area contributed by atoms with Crippen molar-refractivity contribution in [2.24, 2.45) is 4.99 Å². The predicted molar refractivity (Wildman–Crippen MR) is 104 cm³/mol. The van der Waals surface area contributed by atoms with Crippen LogP contribution < -0.4 is 10.2 Å². The quantitative estimate of drug-likeness (QED) is 0.329. The zero-order chi connectivity index (χ0) is 17.9. The third-order valence-corrected chi connectivity index (χ3v) is 4.39. The van der Waals surface area contributed by atoms with Crippen molar-refractivity contribution < 1.29 is 0 Å². The number of hydrogen-bond acceptors (Lipinski definition) is 5. The maximum Gasteiger partial charge on any atom is 0.225 e. The maximum atomic E-state index is 4.36. The topological polar surface area (TPSA) is 59.9 Å². The van der Waals surface area contributed by atoms with Crippen LogP contribution in [0.5, 0.6) is 0 Å². The number of rotatable bonds is 8. The lowest BCUT2D eigenvalue weighted by atomic mass is 10.3. The van der Waals surface area contributed by atoms with Crippen molar-refractivity contribution in [2.75, 3.05) is 64.8 Å². The molecule has 0 aliphatic carbocycles. The van der Waals surface area contributed by atoms with E-state index in [1.54, 1.807) is 12.4 Å². The lowest BCUT2D eigenvalue weighted by Gasteiger charge is -2.34. The highest BCUT2D eigenvalue weighted by Crippen LogP contribution is 2.09. The number of nitrogens with zero attached hydrogens (tertiary/aromatic N) is 6. The van der Waals surface area contributed by atoms with E-state index >= 15 is 0 Å². The first-order chi connectivity index (χ1) is 12.2. The smallest absolute Gasteiger partial charge is 0.225 e. The van der Waals surface area contributed by atoms with Gasteiger partial charge in [-0.3, -0.25) is 9.89 Å².